The molecule has 0 radical (unpaired) electrons. The van der Waals surface area contributed by atoms with Crippen LogP contribution in [0, 0.1) is 5.82 Å². The Labute approximate surface area is 146 Å². The van der Waals surface area contributed by atoms with Gasteiger partial charge >= 0.3 is 0 Å². The quantitative estimate of drug-likeness (QED) is 0.655. The summed E-state index contributed by atoms with van der Waals surface area (Å²) in [4.78, 5) is 18.2. The van der Waals surface area contributed by atoms with Crippen molar-refractivity contribution in [2.45, 2.75) is 6.54 Å². The summed E-state index contributed by atoms with van der Waals surface area (Å²) < 4.78 is 13.8. The van der Waals surface area contributed by atoms with E-state index in [4.69, 9.17) is 11.6 Å². The van der Waals surface area contributed by atoms with E-state index in [1.165, 1.54) is 28.4 Å². The number of thiazole rings is 1. The van der Waals surface area contributed by atoms with Gasteiger partial charge in [-0.15, -0.1) is 11.3 Å². The SMILES string of the molecule is CN(Cc1c(F)cccc1Cl)C(=O)c1csc(-c2ccsc2)n1. The summed E-state index contributed by atoms with van der Waals surface area (Å²) in [6.07, 6.45) is 0. The number of amides is 1. The molecule has 0 aliphatic heterocycles. The van der Waals surface area contributed by atoms with Crippen LogP contribution in [0.3, 0.4) is 0 Å². The smallest absolute Gasteiger partial charge is 0.273 e. The van der Waals surface area contributed by atoms with Crippen LogP contribution in [0.4, 0.5) is 4.39 Å². The molecule has 0 N–H and O–H groups in total. The summed E-state index contributed by atoms with van der Waals surface area (Å²) in [5.41, 5.74) is 1.66. The largest absolute Gasteiger partial charge is 0.336 e. The zero-order chi connectivity index (χ0) is 16.4. The van der Waals surface area contributed by atoms with Crippen LogP contribution in [-0.2, 0) is 6.54 Å². The first-order valence-corrected chi connectivity index (χ1v) is 8.92. The Kier molecular flexibility index (Phi) is 4.75. The minimum absolute atomic E-state index is 0.0929. The first-order chi connectivity index (χ1) is 11.1. The van der Waals surface area contributed by atoms with E-state index in [1.54, 1.807) is 29.8 Å². The van der Waals surface area contributed by atoms with Crippen molar-refractivity contribution in [2.75, 3.05) is 7.05 Å². The van der Waals surface area contributed by atoms with E-state index in [0.29, 0.717) is 16.3 Å². The van der Waals surface area contributed by atoms with Crippen molar-refractivity contribution in [1.82, 2.24) is 9.88 Å². The highest BCUT2D eigenvalue weighted by molar-refractivity contribution is 7.14. The van der Waals surface area contributed by atoms with Gasteiger partial charge in [0, 0.05) is 34.0 Å². The predicted octanol–water partition coefficient (Wildman–Crippen LogP) is 4.94. The van der Waals surface area contributed by atoms with Crippen LogP contribution in [0.2, 0.25) is 5.02 Å². The van der Waals surface area contributed by atoms with Crippen molar-refractivity contribution in [3.8, 4) is 10.6 Å². The predicted molar refractivity (Wildman–Crippen MR) is 92.6 cm³/mol. The van der Waals surface area contributed by atoms with Gasteiger partial charge in [0.2, 0.25) is 0 Å². The molecule has 0 spiro atoms. The van der Waals surface area contributed by atoms with Gasteiger partial charge in [0.15, 0.2) is 0 Å². The van der Waals surface area contributed by atoms with Crippen LogP contribution >= 0.6 is 34.3 Å². The minimum atomic E-state index is -0.422. The van der Waals surface area contributed by atoms with E-state index < -0.39 is 5.82 Å². The number of rotatable bonds is 4. The molecule has 0 atom stereocenters. The van der Waals surface area contributed by atoms with Gasteiger partial charge in [0.1, 0.15) is 16.5 Å². The number of benzene rings is 1. The van der Waals surface area contributed by atoms with Crippen molar-refractivity contribution in [2.24, 2.45) is 0 Å². The molecule has 1 amide bonds. The van der Waals surface area contributed by atoms with Crippen molar-refractivity contribution in [3.63, 3.8) is 0 Å². The van der Waals surface area contributed by atoms with Crippen molar-refractivity contribution in [1.29, 1.82) is 0 Å². The lowest BCUT2D eigenvalue weighted by molar-refractivity contribution is 0.0779. The molecule has 0 fully saturated rings. The number of carbonyl (C=O) groups is 1. The summed E-state index contributed by atoms with van der Waals surface area (Å²) in [7, 11) is 1.61. The summed E-state index contributed by atoms with van der Waals surface area (Å²) in [5.74, 6) is -0.684. The second-order valence-electron chi connectivity index (χ2n) is 4.91. The number of carbonyl (C=O) groups excluding carboxylic acids is 1. The second kappa shape index (κ2) is 6.78. The third kappa shape index (κ3) is 3.44. The summed E-state index contributed by atoms with van der Waals surface area (Å²) in [6, 6.07) is 6.43. The summed E-state index contributed by atoms with van der Waals surface area (Å²) in [5, 5.41) is 6.77. The molecule has 0 aliphatic rings. The number of thiophene rings is 1. The zero-order valence-corrected chi connectivity index (χ0v) is 14.5. The Bertz CT molecular complexity index is 812. The van der Waals surface area contributed by atoms with Gasteiger partial charge in [-0.1, -0.05) is 17.7 Å². The van der Waals surface area contributed by atoms with Gasteiger partial charge in [-0.05, 0) is 23.6 Å². The molecule has 118 valence electrons. The van der Waals surface area contributed by atoms with Crippen LogP contribution in [-0.4, -0.2) is 22.8 Å². The zero-order valence-electron chi connectivity index (χ0n) is 12.1. The second-order valence-corrected chi connectivity index (χ2v) is 6.96. The van der Waals surface area contributed by atoms with Crippen LogP contribution in [0.5, 0.6) is 0 Å². The lowest BCUT2D eigenvalue weighted by atomic mass is 10.2. The molecular weight excluding hydrogens is 355 g/mol. The number of halogens is 2. The van der Waals surface area contributed by atoms with Gasteiger partial charge in [-0.2, -0.15) is 11.3 Å². The maximum absolute atomic E-state index is 13.8. The van der Waals surface area contributed by atoms with Crippen LogP contribution in [0.15, 0.2) is 40.4 Å². The van der Waals surface area contributed by atoms with E-state index in [9.17, 15) is 9.18 Å². The Morgan fingerprint density at radius 3 is 2.87 bits per heavy atom. The molecule has 7 heteroatoms. The molecule has 2 heterocycles. The molecule has 2 aromatic heterocycles. The molecule has 23 heavy (non-hydrogen) atoms. The number of hydrogen-bond acceptors (Lipinski definition) is 4. The molecule has 0 saturated heterocycles. The summed E-state index contributed by atoms with van der Waals surface area (Å²) in [6.45, 7) is 0.0929. The van der Waals surface area contributed by atoms with Gasteiger partial charge in [-0.3, -0.25) is 4.79 Å². The normalized spacial score (nSPS) is 10.7. The molecule has 0 bridgehead atoms. The monoisotopic (exact) mass is 366 g/mol. The van der Waals surface area contributed by atoms with E-state index in [-0.39, 0.29) is 12.5 Å². The van der Waals surface area contributed by atoms with Crippen molar-refractivity contribution in [3.05, 3.63) is 62.5 Å². The van der Waals surface area contributed by atoms with Gasteiger partial charge in [0.25, 0.3) is 5.91 Å². The topological polar surface area (TPSA) is 33.2 Å². The third-order valence-corrected chi connectivity index (χ3v) is 5.22. The van der Waals surface area contributed by atoms with Crippen LogP contribution in [0.25, 0.3) is 10.6 Å². The maximum Gasteiger partial charge on any atom is 0.273 e. The van der Waals surface area contributed by atoms with E-state index >= 15 is 0 Å². The Hall–Kier alpha value is -1.76. The first-order valence-electron chi connectivity index (χ1n) is 6.72. The number of aromatic nitrogens is 1. The number of hydrogen-bond donors (Lipinski definition) is 0. The van der Waals surface area contributed by atoms with Crippen LogP contribution < -0.4 is 0 Å². The molecule has 3 aromatic rings. The van der Waals surface area contributed by atoms with Gasteiger partial charge in [0.05, 0.1) is 6.54 Å². The van der Waals surface area contributed by atoms with Gasteiger partial charge in [-0.25, -0.2) is 9.37 Å². The highest BCUT2D eigenvalue weighted by atomic mass is 35.5. The average molecular weight is 367 g/mol. The lowest BCUT2D eigenvalue weighted by Crippen LogP contribution is -2.27. The first kappa shape index (κ1) is 16.1. The number of nitrogens with zero attached hydrogens (tertiary/aromatic N) is 2. The Morgan fingerprint density at radius 2 is 2.17 bits per heavy atom. The maximum atomic E-state index is 13.8. The van der Waals surface area contributed by atoms with E-state index in [0.717, 1.165) is 10.6 Å². The molecule has 1 aromatic carbocycles. The fourth-order valence-corrected chi connectivity index (χ4v) is 3.81. The minimum Gasteiger partial charge on any atom is -0.336 e. The molecule has 0 unspecified atom stereocenters. The van der Waals surface area contributed by atoms with E-state index in [1.807, 2.05) is 16.8 Å². The standard InChI is InChI=1S/C16H12ClFN2OS2/c1-20(7-11-12(17)3-2-4-13(11)18)16(21)14-9-23-15(19-14)10-5-6-22-8-10/h2-6,8-9H,7H2,1H3. The fraction of sp³-hybridized carbons (Fsp3) is 0.125. The summed E-state index contributed by atoms with van der Waals surface area (Å²) >= 11 is 9.00. The third-order valence-electron chi connectivity index (χ3n) is 3.30. The Balaban J connectivity index is 1.78. The van der Waals surface area contributed by atoms with Crippen LogP contribution in [0.1, 0.15) is 16.1 Å². The molecule has 3 rings (SSSR count). The van der Waals surface area contributed by atoms with Crippen molar-refractivity contribution < 1.29 is 9.18 Å². The molecule has 3 nitrogen and oxygen atoms in total. The van der Waals surface area contributed by atoms with Crippen molar-refractivity contribution >= 4 is 40.2 Å². The average Bonchev–Trinajstić information content (AvgIpc) is 3.20. The fourth-order valence-electron chi connectivity index (χ4n) is 2.08. The van der Waals surface area contributed by atoms with E-state index in [2.05, 4.69) is 4.98 Å². The Morgan fingerprint density at radius 1 is 1.35 bits per heavy atom. The highest BCUT2D eigenvalue weighted by Crippen LogP contribution is 2.26. The molecule has 0 saturated carbocycles. The molecular formula is C16H12ClFN2OS2. The highest BCUT2D eigenvalue weighted by Gasteiger charge is 2.18. The van der Waals surface area contributed by atoms with Gasteiger partial charge < -0.3 is 4.90 Å². The molecule has 0 aliphatic carbocycles. The lowest BCUT2D eigenvalue weighted by Gasteiger charge is -2.17.